The largest absolute Gasteiger partial charge is 0.480 e. The quantitative estimate of drug-likeness (QED) is 0.636. The molecule has 0 amide bonds. The van der Waals surface area contributed by atoms with E-state index in [0.717, 1.165) is 16.5 Å². The molecule has 7 heteroatoms. The van der Waals surface area contributed by atoms with Gasteiger partial charge in [-0.25, -0.2) is 14.8 Å². The summed E-state index contributed by atoms with van der Waals surface area (Å²) in [5.74, 6) is 1.50. The van der Waals surface area contributed by atoms with Crippen molar-refractivity contribution in [3.63, 3.8) is 0 Å². The van der Waals surface area contributed by atoms with Crippen molar-refractivity contribution in [2.24, 2.45) is 15.9 Å². The van der Waals surface area contributed by atoms with Gasteiger partial charge < -0.3 is 14.2 Å². The summed E-state index contributed by atoms with van der Waals surface area (Å²) in [5, 5.41) is 0.980. The number of ether oxygens (including phenoxy) is 3. The van der Waals surface area contributed by atoms with E-state index in [9.17, 15) is 4.79 Å². The standard InChI is InChI=1S/C25H35N3O4/c1-8-30-22-19(26-23(31-9-2)21(27-22)16(3)4)14-17-15-28(24(29)32-25(5,6)7)20-13-11-10-12-18(17)20/h10-13,15-16,19,21H,8-9,14H2,1-7H3/t19-,21+/m1/s1. The second-order valence-electron chi connectivity index (χ2n) is 9.23. The summed E-state index contributed by atoms with van der Waals surface area (Å²) >= 11 is 0. The highest BCUT2D eigenvalue weighted by atomic mass is 16.6. The summed E-state index contributed by atoms with van der Waals surface area (Å²) < 4.78 is 18.9. The summed E-state index contributed by atoms with van der Waals surface area (Å²) in [6, 6.07) is 7.34. The summed E-state index contributed by atoms with van der Waals surface area (Å²) in [4.78, 5) is 22.6. The van der Waals surface area contributed by atoms with E-state index in [4.69, 9.17) is 24.2 Å². The Morgan fingerprint density at radius 3 is 2.34 bits per heavy atom. The van der Waals surface area contributed by atoms with Crippen LogP contribution in [-0.2, 0) is 20.6 Å². The maximum Gasteiger partial charge on any atom is 0.419 e. The Morgan fingerprint density at radius 1 is 1.06 bits per heavy atom. The van der Waals surface area contributed by atoms with Gasteiger partial charge >= 0.3 is 6.09 Å². The molecule has 2 aromatic rings. The Morgan fingerprint density at radius 2 is 1.72 bits per heavy atom. The number of hydrogen-bond acceptors (Lipinski definition) is 6. The Bertz CT molecular complexity index is 1010. The van der Waals surface area contributed by atoms with Crippen LogP contribution in [0.15, 0.2) is 40.4 Å². The Balaban J connectivity index is 2.00. The van der Waals surface area contributed by atoms with Gasteiger partial charge in [0.15, 0.2) is 0 Å². The van der Waals surface area contributed by atoms with Gasteiger partial charge in [-0.1, -0.05) is 32.0 Å². The van der Waals surface area contributed by atoms with Gasteiger partial charge in [-0.3, -0.25) is 4.57 Å². The predicted molar refractivity (Wildman–Crippen MR) is 128 cm³/mol. The first kappa shape index (κ1) is 23.8. The first-order chi connectivity index (χ1) is 15.1. The van der Waals surface area contributed by atoms with Gasteiger partial charge in [0.2, 0.25) is 11.8 Å². The molecule has 0 N–H and O–H groups in total. The van der Waals surface area contributed by atoms with Crippen molar-refractivity contribution in [2.75, 3.05) is 13.2 Å². The molecule has 0 radical (unpaired) electrons. The molecule has 0 aliphatic carbocycles. The lowest BCUT2D eigenvalue weighted by atomic mass is 10.00. The Labute approximate surface area is 190 Å². The van der Waals surface area contributed by atoms with Crippen LogP contribution in [0.3, 0.4) is 0 Å². The minimum absolute atomic E-state index is 0.157. The molecule has 7 nitrogen and oxygen atoms in total. The van der Waals surface area contributed by atoms with Crippen molar-refractivity contribution in [3.8, 4) is 0 Å². The fourth-order valence-corrected chi connectivity index (χ4v) is 3.77. The maximum atomic E-state index is 12.8. The summed E-state index contributed by atoms with van der Waals surface area (Å²) in [7, 11) is 0. The van der Waals surface area contributed by atoms with Gasteiger partial charge in [-0.2, -0.15) is 0 Å². The highest BCUT2D eigenvalue weighted by Gasteiger charge is 2.32. The van der Waals surface area contributed by atoms with E-state index < -0.39 is 11.7 Å². The average molecular weight is 442 g/mol. The maximum absolute atomic E-state index is 12.8. The molecule has 0 spiro atoms. The summed E-state index contributed by atoms with van der Waals surface area (Å²) in [5.41, 5.74) is 1.20. The molecule has 2 heterocycles. The van der Waals surface area contributed by atoms with E-state index in [1.165, 1.54) is 0 Å². The molecule has 0 fully saturated rings. The fourth-order valence-electron chi connectivity index (χ4n) is 3.77. The zero-order valence-electron chi connectivity index (χ0n) is 20.2. The van der Waals surface area contributed by atoms with Crippen LogP contribution in [0, 0.1) is 5.92 Å². The number of aromatic nitrogens is 1. The van der Waals surface area contributed by atoms with E-state index in [1.54, 1.807) is 4.57 Å². The zero-order valence-corrected chi connectivity index (χ0v) is 20.2. The molecular formula is C25H35N3O4. The SMILES string of the molecule is CCOC1=N[C@H](Cc2cn(C(=O)OC(C)(C)C)c3ccccc23)C(OCC)=N[C@H]1C(C)C. The molecule has 0 unspecified atom stereocenters. The Kier molecular flexibility index (Phi) is 7.26. The normalized spacial score (nSPS) is 19.0. The van der Waals surface area contributed by atoms with Crippen LogP contribution < -0.4 is 0 Å². The van der Waals surface area contributed by atoms with Crippen molar-refractivity contribution in [1.29, 1.82) is 0 Å². The third kappa shape index (κ3) is 5.31. The van der Waals surface area contributed by atoms with Gasteiger partial charge in [-0.15, -0.1) is 0 Å². The van der Waals surface area contributed by atoms with E-state index in [1.807, 2.05) is 65.1 Å². The number of para-hydroxylation sites is 1. The fraction of sp³-hybridized carbons (Fsp3) is 0.560. The van der Waals surface area contributed by atoms with Crippen LogP contribution in [-0.4, -0.2) is 53.4 Å². The molecule has 1 aliphatic heterocycles. The smallest absolute Gasteiger partial charge is 0.419 e. The van der Waals surface area contributed by atoms with Crippen LogP contribution in [0.1, 0.15) is 54.0 Å². The highest BCUT2D eigenvalue weighted by molar-refractivity contribution is 5.96. The van der Waals surface area contributed by atoms with Crippen LogP contribution in [0.4, 0.5) is 4.79 Å². The molecular weight excluding hydrogens is 406 g/mol. The van der Waals surface area contributed by atoms with E-state index >= 15 is 0 Å². The van der Waals surface area contributed by atoms with Crippen LogP contribution >= 0.6 is 0 Å². The number of nitrogens with zero attached hydrogens (tertiary/aromatic N) is 3. The molecule has 174 valence electrons. The van der Waals surface area contributed by atoms with Gasteiger partial charge in [0.1, 0.15) is 17.7 Å². The molecule has 1 aromatic heterocycles. The van der Waals surface area contributed by atoms with Crippen LogP contribution in [0.25, 0.3) is 10.9 Å². The minimum atomic E-state index is -0.580. The minimum Gasteiger partial charge on any atom is -0.480 e. The van der Waals surface area contributed by atoms with Crippen LogP contribution in [0.2, 0.25) is 0 Å². The number of carbonyl (C=O) groups excluding carboxylic acids is 1. The van der Waals surface area contributed by atoms with Crippen molar-refractivity contribution in [1.82, 2.24) is 4.57 Å². The number of fused-ring (bicyclic) bond motifs is 1. The number of benzene rings is 1. The van der Waals surface area contributed by atoms with Crippen molar-refractivity contribution < 1.29 is 19.0 Å². The van der Waals surface area contributed by atoms with Crippen molar-refractivity contribution in [2.45, 2.75) is 72.6 Å². The molecule has 2 atom stereocenters. The lowest BCUT2D eigenvalue weighted by Crippen LogP contribution is -2.39. The monoisotopic (exact) mass is 441 g/mol. The first-order valence-electron chi connectivity index (χ1n) is 11.4. The van der Waals surface area contributed by atoms with Gasteiger partial charge in [-0.05, 0) is 52.2 Å². The van der Waals surface area contributed by atoms with Crippen LogP contribution in [0.5, 0.6) is 0 Å². The van der Waals surface area contributed by atoms with E-state index in [-0.39, 0.29) is 18.0 Å². The molecule has 3 rings (SSSR count). The van der Waals surface area contributed by atoms with Crippen molar-refractivity contribution in [3.05, 3.63) is 36.0 Å². The average Bonchev–Trinajstić information content (AvgIpc) is 3.07. The Hall–Kier alpha value is -2.83. The third-order valence-electron chi connectivity index (χ3n) is 5.10. The number of aliphatic imine (C=N–C) groups is 2. The lowest BCUT2D eigenvalue weighted by molar-refractivity contribution is 0.0544. The molecule has 0 bridgehead atoms. The summed E-state index contributed by atoms with van der Waals surface area (Å²) in [6.07, 6.45) is 1.98. The highest BCUT2D eigenvalue weighted by Crippen LogP contribution is 2.27. The zero-order chi connectivity index (χ0) is 23.5. The number of rotatable bonds is 5. The third-order valence-corrected chi connectivity index (χ3v) is 5.10. The lowest BCUT2D eigenvalue weighted by Gasteiger charge is -2.28. The second kappa shape index (κ2) is 9.76. The van der Waals surface area contributed by atoms with Gasteiger partial charge in [0.25, 0.3) is 0 Å². The molecule has 1 aliphatic rings. The van der Waals surface area contributed by atoms with Gasteiger partial charge in [0, 0.05) is 18.0 Å². The molecule has 0 saturated carbocycles. The number of hydrogen-bond donors (Lipinski definition) is 0. The van der Waals surface area contributed by atoms with Gasteiger partial charge in [0.05, 0.1) is 18.7 Å². The number of carbonyl (C=O) groups is 1. The second-order valence-corrected chi connectivity index (χ2v) is 9.23. The molecule has 0 saturated heterocycles. The first-order valence-corrected chi connectivity index (χ1v) is 11.4. The molecule has 32 heavy (non-hydrogen) atoms. The summed E-state index contributed by atoms with van der Waals surface area (Å²) in [6.45, 7) is 14.7. The molecule has 1 aromatic carbocycles. The van der Waals surface area contributed by atoms with E-state index in [2.05, 4.69) is 13.8 Å². The predicted octanol–water partition coefficient (Wildman–Crippen LogP) is 5.24. The van der Waals surface area contributed by atoms with E-state index in [0.29, 0.717) is 31.4 Å². The van der Waals surface area contributed by atoms with Crippen molar-refractivity contribution >= 4 is 28.8 Å². The topological polar surface area (TPSA) is 74.4 Å².